The third-order valence-electron chi connectivity index (χ3n) is 4.60. The fourth-order valence-electron chi connectivity index (χ4n) is 2.69. The van der Waals surface area contributed by atoms with Gasteiger partial charge in [0, 0.05) is 28.7 Å². The minimum absolute atomic E-state index is 0.0578. The number of benzene rings is 2. The molecular weight excluding hydrogens is 348 g/mol. The van der Waals surface area contributed by atoms with Crippen LogP contribution in [0.5, 0.6) is 0 Å². The highest BCUT2D eigenvalue weighted by Gasteiger charge is 2.29. The number of nitrogens with one attached hydrogen (secondary N) is 2. The van der Waals surface area contributed by atoms with Crippen LogP contribution in [0.15, 0.2) is 36.4 Å². The Bertz CT molecular complexity index is 844. The summed E-state index contributed by atoms with van der Waals surface area (Å²) >= 11 is 6.13. The molecule has 0 spiro atoms. The molecule has 0 unspecified atom stereocenters. The van der Waals surface area contributed by atoms with Crippen LogP contribution in [0.3, 0.4) is 0 Å². The quantitative estimate of drug-likeness (QED) is 0.761. The molecule has 2 amide bonds. The van der Waals surface area contributed by atoms with Crippen molar-refractivity contribution >= 4 is 34.8 Å². The molecule has 3 rings (SSSR count). The van der Waals surface area contributed by atoms with E-state index >= 15 is 0 Å². The first-order valence-electron chi connectivity index (χ1n) is 8.89. The zero-order valence-electron chi connectivity index (χ0n) is 15.1. The van der Waals surface area contributed by atoms with Crippen LogP contribution in [-0.4, -0.2) is 11.8 Å². The molecule has 2 aromatic carbocycles. The van der Waals surface area contributed by atoms with Gasteiger partial charge in [-0.05, 0) is 68.0 Å². The van der Waals surface area contributed by atoms with Crippen LogP contribution in [0.4, 0.5) is 11.4 Å². The predicted octanol–water partition coefficient (Wildman–Crippen LogP) is 4.88. The topological polar surface area (TPSA) is 58.2 Å². The van der Waals surface area contributed by atoms with Gasteiger partial charge in [-0.3, -0.25) is 9.59 Å². The maximum atomic E-state index is 12.3. The summed E-state index contributed by atoms with van der Waals surface area (Å²) in [5.74, 6) is 0.147. The van der Waals surface area contributed by atoms with Crippen LogP contribution >= 0.6 is 11.6 Å². The van der Waals surface area contributed by atoms with Crippen molar-refractivity contribution in [1.29, 1.82) is 0 Å². The monoisotopic (exact) mass is 370 g/mol. The van der Waals surface area contributed by atoms with Crippen molar-refractivity contribution in [2.45, 2.75) is 39.5 Å². The number of rotatable bonds is 6. The average molecular weight is 371 g/mol. The van der Waals surface area contributed by atoms with Gasteiger partial charge in [0.15, 0.2) is 0 Å². The Morgan fingerprint density at radius 2 is 1.77 bits per heavy atom. The third-order valence-corrected chi connectivity index (χ3v) is 5.01. The summed E-state index contributed by atoms with van der Waals surface area (Å²) in [4.78, 5) is 24.2. The number of hydrogen-bond acceptors (Lipinski definition) is 2. The third kappa shape index (κ3) is 4.85. The Hall–Kier alpha value is -2.33. The van der Waals surface area contributed by atoms with Gasteiger partial charge < -0.3 is 10.6 Å². The number of anilines is 2. The van der Waals surface area contributed by atoms with E-state index in [1.807, 2.05) is 50.2 Å². The van der Waals surface area contributed by atoms with Crippen LogP contribution in [0.1, 0.15) is 36.0 Å². The van der Waals surface area contributed by atoms with Crippen LogP contribution in [0.25, 0.3) is 0 Å². The molecule has 2 aromatic rings. The van der Waals surface area contributed by atoms with E-state index in [9.17, 15) is 9.59 Å². The van der Waals surface area contributed by atoms with Crippen molar-refractivity contribution < 1.29 is 9.59 Å². The largest absolute Gasteiger partial charge is 0.326 e. The van der Waals surface area contributed by atoms with Crippen LogP contribution in [0.2, 0.25) is 5.02 Å². The zero-order chi connectivity index (χ0) is 18.7. The Morgan fingerprint density at radius 3 is 2.46 bits per heavy atom. The number of halogens is 1. The van der Waals surface area contributed by atoms with Crippen LogP contribution < -0.4 is 10.6 Å². The lowest BCUT2D eigenvalue weighted by molar-refractivity contribution is -0.117. The molecule has 26 heavy (non-hydrogen) atoms. The van der Waals surface area contributed by atoms with Gasteiger partial charge in [-0.2, -0.15) is 0 Å². The average Bonchev–Trinajstić information content (AvgIpc) is 3.44. The van der Waals surface area contributed by atoms with Crippen LogP contribution in [-0.2, 0) is 16.0 Å². The van der Waals surface area contributed by atoms with Gasteiger partial charge in [-0.1, -0.05) is 29.8 Å². The minimum Gasteiger partial charge on any atom is -0.326 e. The molecular formula is C21H23ClN2O2. The second kappa shape index (κ2) is 7.92. The highest BCUT2D eigenvalue weighted by molar-refractivity contribution is 6.31. The van der Waals surface area contributed by atoms with Crippen molar-refractivity contribution in [3.05, 3.63) is 58.1 Å². The lowest BCUT2D eigenvalue weighted by Crippen LogP contribution is -2.15. The Labute approximate surface area is 158 Å². The molecule has 0 radical (unpaired) electrons. The first kappa shape index (κ1) is 18.5. The van der Waals surface area contributed by atoms with E-state index in [4.69, 9.17) is 11.6 Å². The fraction of sp³-hybridized carbons (Fsp3) is 0.333. The van der Waals surface area contributed by atoms with Gasteiger partial charge >= 0.3 is 0 Å². The minimum atomic E-state index is -0.0598. The molecule has 5 heteroatoms. The summed E-state index contributed by atoms with van der Waals surface area (Å²) in [7, 11) is 0. The first-order chi connectivity index (χ1) is 12.4. The van der Waals surface area contributed by atoms with Gasteiger partial charge in [0.2, 0.25) is 11.8 Å². The van der Waals surface area contributed by atoms with E-state index in [0.29, 0.717) is 18.5 Å². The number of carbonyl (C=O) groups is 2. The second-order valence-corrected chi connectivity index (χ2v) is 7.33. The number of hydrogen-bond donors (Lipinski definition) is 2. The number of amides is 2. The summed E-state index contributed by atoms with van der Waals surface area (Å²) < 4.78 is 0. The first-order valence-corrected chi connectivity index (χ1v) is 9.26. The van der Waals surface area contributed by atoms with Crippen molar-refractivity contribution in [3.63, 3.8) is 0 Å². The van der Waals surface area contributed by atoms with Gasteiger partial charge in [-0.15, -0.1) is 0 Å². The standard InChI is InChI=1S/C21H23ClN2O2/c1-13-3-5-15(11-18(13)22)6-10-20(25)24-19-12-17(9-4-14(19)2)23-21(26)16-7-8-16/h3-5,9,11-12,16H,6-8,10H2,1-2H3,(H,23,26)(H,24,25). The van der Waals surface area contributed by atoms with Crippen molar-refractivity contribution in [2.75, 3.05) is 10.6 Å². The van der Waals surface area contributed by atoms with Gasteiger partial charge in [-0.25, -0.2) is 0 Å². The van der Waals surface area contributed by atoms with Gasteiger partial charge in [0.25, 0.3) is 0 Å². The molecule has 2 N–H and O–H groups in total. The Balaban J connectivity index is 1.59. The fourth-order valence-corrected chi connectivity index (χ4v) is 2.89. The van der Waals surface area contributed by atoms with E-state index in [1.165, 1.54) is 0 Å². The van der Waals surface area contributed by atoms with E-state index in [1.54, 1.807) is 0 Å². The van der Waals surface area contributed by atoms with E-state index in [-0.39, 0.29) is 17.7 Å². The molecule has 1 aliphatic rings. The van der Waals surface area contributed by atoms with Crippen molar-refractivity contribution in [1.82, 2.24) is 0 Å². The molecule has 4 nitrogen and oxygen atoms in total. The van der Waals surface area contributed by atoms with Crippen molar-refractivity contribution in [3.8, 4) is 0 Å². The Morgan fingerprint density at radius 1 is 1.04 bits per heavy atom. The maximum absolute atomic E-state index is 12.3. The zero-order valence-corrected chi connectivity index (χ0v) is 15.8. The SMILES string of the molecule is Cc1ccc(CCC(=O)Nc2cc(NC(=O)C3CC3)ccc2C)cc1Cl. The molecule has 0 saturated heterocycles. The molecule has 0 heterocycles. The lowest BCUT2D eigenvalue weighted by atomic mass is 10.1. The molecule has 136 valence electrons. The summed E-state index contributed by atoms with van der Waals surface area (Å²) in [5, 5.41) is 6.57. The van der Waals surface area contributed by atoms with Crippen molar-refractivity contribution in [2.24, 2.45) is 5.92 Å². The second-order valence-electron chi connectivity index (χ2n) is 6.92. The Kier molecular flexibility index (Phi) is 5.62. The summed E-state index contributed by atoms with van der Waals surface area (Å²) in [6.07, 6.45) is 2.93. The van der Waals surface area contributed by atoms with E-state index < -0.39 is 0 Å². The molecule has 1 fully saturated rings. The predicted molar refractivity (Wildman–Crippen MR) is 106 cm³/mol. The molecule has 1 saturated carbocycles. The molecule has 1 aliphatic carbocycles. The number of carbonyl (C=O) groups excluding carboxylic acids is 2. The van der Waals surface area contributed by atoms with Gasteiger partial charge in [0.1, 0.15) is 0 Å². The highest BCUT2D eigenvalue weighted by atomic mass is 35.5. The number of aryl methyl sites for hydroxylation is 3. The molecule has 0 bridgehead atoms. The lowest BCUT2D eigenvalue weighted by Gasteiger charge is -2.12. The summed E-state index contributed by atoms with van der Waals surface area (Å²) in [6.45, 7) is 3.89. The maximum Gasteiger partial charge on any atom is 0.227 e. The van der Waals surface area contributed by atoms with Gasteiger partial charge in [0.05, 0.1) is 0 Å². The van der Waals surface area contributed by atoms with Crippen LogP contribution in [0, 0.1) is 19.8 Å². The highest BCUT2D eigenvalue weighted by Crippen LogP contribution is 2.31. The van der Waals surface area contributed by atoms with E-state index in [2.05, 4.69) is 10.6 Å². The van der Waals surface area contributed by atoms with E-state index in [0.717, 1.165) is 40.2 Å². The summed E-state index contributed by atoms with van der Waals surface area (Å²) in [5.41, 5.74) is 4.47. The normalized spacial score (nSPS) is 13.3. The summed E-state index contributed by atoms with van der Waals surface area (Å²) in [6, 6.07) is 11.4. The molecule has 0 aromatic heterocycles. The molecule has 0 aliphatic heterocycles. The smallest absolute Gasteiger partial charge is 0.227 e. The molecule has 0 atom stereocenters.